The second-order valence-corrected chi connectivity index (χ2v) is 7.20. The summed E-state index contributed by atoms with van der Waals surface area (Å²) in [6.07, 6.45) is 6.07. The van der Waals surface area contributed by atoms with E-state index in [-0.39, 0.29) is 5.91 Å². The zero-order valence-electron chi connectivity index (χ0n) is 12.2. The van der Waals surface area contributed by atoms with Gasteiger partial charge in [-0.2, -0.15) is 0 Å². The summed E-state index contributed by atoms with van der Waals surface area (Å²) in [4.78, 5) is 20.4. The molecular formula is C16H20N2OS2. The summed E-state index contributed by atoms with van der Waals surface area (Å²) in [5.41, 5.74) is 0.607. The van der Waals surface area contributed by atoms with E-state index < -0.39 is 0 Å². The third-order valence-corrected chi connectivity index (χ3v) is 5.95. The SMILES string of the molecule is CCN(C(=O)c1csc(-c2cccs2)n1)C1CCCCC1. The predicted octanol–water partition coefficient (Wildman–Crippen LogP) is 4.67. The number of aromatic nitrogens is 1. The molecule has 0 saturated heterocycles. The van der Waals surface area contributed by atoms with Gasteiger partial charge in [0.2, 0.25) is 0 Å². The van der Waals surface area contributed by atoms with Gasteiger partial charge in [0.05, 0.1) is 4.88 Å². The van der Waals surface area contributed by atoms with E-state index in [1.807, 2.05) is 21.7 Å². The van der Waals surface area contributed by atoms with Gasteiger partial charge in [-0.25, -0.2) is 4.98 Å². The van der Waals surface area contributed by atoms with Gasteiger partial charge in [0, 0.05) is 18.0 Å². The lowest BCUT2D eigenvalue weighted by atomic mass is 9.94. The van der Waals surface area contributed by atoms with Crippen molar-refractivity contribution < 1.29 is 4.79 Å². The first-order valence-corrected chi connectivity index (χ1v) is 9.36. The van der Waals surface area contributed by atoms with Gasteiger partial charge in [0.1, 0.15) is 10.7 Å². The number of carbonyl (C=O) groups excluding carboxylic acids is 1. The number of thiazole rings is 1. The normalized spacial score (nSPS) is 16.0. The van der Waals surface area contributed by atoms with E-state index in [4.69, 9.17) is 0 Å². The van der Waals surface area contributed by atoms with Gasteiger partial charge in [0.15, 0.2) is 0 Å². The third kappa shape index (κ3) is 3.19. The van der Waals surface area contributed by atoms with E-state index in [0.29, 0.717) is 11.7 Å². The Labute approximate surface area is 133 Å². The molecule has 0 radical (unpaired) electrons. The summed E-state index contributed by atoms with van der Waals surface area (Å²) >= 11 is 3.23. The monoisotopic (exact) mass is 320 g/mol. The number of carbonyl (C=O) groups is 1. The topological polar surface area (TPSA) is 33.2 Å². The highest BCUT2D eigenvalue weighted by atomic mass is 32.1. The lowest BCUT2D eigenvalue weighted by molar-refractivity contribution is 0.0643. The maximum atomic E-state index is 12.7. The van der Waals surface area contributed by atoms with Crippen molar-refractivity contribution in [2.75, 3.05) is 6.54 Å². The highest BCUT2D eigenvalue weighted by Crippen LogP contribution is 2.29. The van der Waals surface area contributed by atoms with Gasteiger partial charge < -0.3 is 4.90 Å². The van der Waals surface area contributed by atoms with E-state index in [1.54, 1.807) is 22.7 Å². The molecule has 2 aromatic rings. The first kappa shape index (κ1) is 14.7. The van der Waals surface area contributed by atoms with Gasteiger partial charge in [-0.05, 0) is 31.2 Å². The van der Waals surface area contributed by atoms with Crippen LogP contribution < -0.4 is 0 Å². The fourth-order valence-corrected chi connectivity index (χ4v) is 4.60. The van der Waals surface area contributed by atoms with Crippen LogP contribution in [-0.4, -0.2) is 28.4 Å². The summed E-state index contributed by atoms with van der Waals surface area (Å²) in [7, 11) is 0. The minimum Gasteiger partial charge on any atom is -0.335 e. The molecule has 1 fully saturated rings. The van der Waals surface area contributed by atoms with E-state index in [9.17, 15) is 4.79 Å². The van der Waals surface area contributed by atoms with Crippen LogP contribution in [0.3, 0.4) is 0 Å². The number of nitrogens with zero attached hydrogens (tertiary/aromatic N) is 2. The lowest BCUT2D eigenvalue weighted by Crippen LogP contribution is -2.41. The maximum Gasteiger partial charge on any atom is 0.273 e. The average Bonchev–Trinajstić information content (AvgIpc) is 3.20. The predicted molar refractivity (Wildman–Crippen MR) is 89.0 cm³/mol. The van der Waals surface area contributed by atoms with Gasteiger partial charge >= 0.3 is 0 Å². The third-order valence-electron chi connectivity index (χ3n) is 4.07. The van der Waals surface area contributed by atoms with Crippen LogP contribution in [0.5, 0.6) is 0 Å². The Morgan fingerprint density at radius 1 is 1.33 bits per heavy atom. The lowest BCUT2D eigenvalue weighted by Gasteiger charge is -2.33. The Balaban J connectivity index is 1.77. The van der Waals surface area contributed by atoms with E-state index >= 15 is 0 Å². The van der Waals surface area contributed by atoms with Crippen molar-refractivity contribution in [2.45, 2.75) is 45.1 Å². The fraction of sp³-hybridized carbons (Fsp3) is 0.500. The Kier molecular flexibility index (Phi) is 4.70. The molecule has 0 aromatic carbocycles. The number of hydrogen-bond acceptors (Lipinski definition) is 4. The molecule has 0 unspecified atom stereocenters. The summed E-state index contributed by atoms with van der Waals surface area (Å²) in [6.45, 7) is 2.84. The van der Waals surface area contributed by atoms with Crippen LogP contribution in [0.2, 0.25) is 0 Å². The van der Waals surface area contributed by atoms with Crippen LogP contribution in [0.1, 0.15) is 49.5 Å². The molecule has 0 aliphatic heterocycles. The van der Waals surface area contributed by atoms with Crippen molar-refractivity contribution >= 4 is 28.6 Å². The minimum absolute atomic E-state index is 0.100. The fourth-order valence-electron chi connectivity index (χ4n) is 2.99. The largest absolute Gasteiger partial charge is 0.335 e. The molecule has 1 saturated carbocycles. The summed E-state index contributed by atoms with van der Waals surface area (Å²) in [5.74, 6) is 0.100. The molecule has 0 bridgehead atoms. The van der Waals surface area contributed by atoms with E-state index in [1.165, 1.54) is 19.3 Å². The molecule has 21 heavy (non-hydrogen) atoms. The van der Waals surface area contributed by atoms with E-state index in [2.05, 4.69) is 18.0 Å². The minimum atomic E-state index is 0.100. The second kappa shape index (κ2) is 6.71. The van der Waals surface area contributed by atoms with Gasteiger partial charge in [-0.15, -0.1) is 22.7 Å². The van der Waals surface area contributed by atoms with Crippen molar-refractivity contribution in [1.29, 1.82) is 0 Å². The number of rotatable bonds is 4. The first-order valence-electron chi connectivity index (χ1n) is 7.60. The van der Waals surface area contributed by atoms with Crippen LogP contribution in [-0.2, 0) is 0 Å². The summed E-state index contributed by atoms with van der Waals surface area (Å²) in [6, 6.07) is 4.47. The Morgan fingerprint density at radius 3 is 2.81 bits per heavy atom. The van der Waals surface area contributed by atoms with Gasteiger partial charge in [-0.1, -0.05) is 25.3 Å². The summed E-state index contributed by atoms with van der Waals surface area (Å²) in [5, 5.41) is 4.90. The molecule has 2 aromatic heterocycles. The summed E-state index contributed by atoms with van der Waals surface area (Å²) < 4.78 is 0. The van der Waals surface area contributed by atoms with Crippen molar-refractivity contribution in [3.8, 4) is 9.88 Å². The standard InChI is InChI=1S/C16H20N2OS2/c1-2-18(12-7-4-3-5-8-12)16(19)13-11-21-15(17-13)14-9-6-10-20-14/h6,9-12H,2-5,7-8H2,1H3. The van der Waals surface area contributed by atoms with Gasteiger partial charge in [0.25, 0.3) is 5.91 Å². The Bertz CT molecular complexity index is 585. The Morgan fingerprint density at radius 2 is 2.14 bits per heavy atom. The maximum absolute atomic E-state index is 12.7. The average molecular weight is 320 g/mol. The van der Waals surface area contributed by atoms with Crippen molar-refractivity contribution in [1.82, 2.24) is 9.88 Å². The quantitative estimate of drug-likeness (QED) is 0.820. The number of amides is 1. The number of hydrogen-bond donors (Lipinski definition) is 0. The molecule has 1 amide bonds. The highest BCUT2D eigenvalue weighted by molar-refractivity contribution is 7.20. The van der Waals surface area contributed by atoms with Crippen LogP contribution in [0.25, 0.3) is 9.88 Å². The first-order chi connectivity index (χ1) is 10.3. The van der Waals surface area contributed by atoms with Crippen LogP contribution >= 0.6 is 22.7 Å². The molecule has 112 valence electrons. The van der Waals surface area contributed by atoms with Crippen LogP contribution in [0.15, 0.2) is 22.9 Å². The zero-order chi connectivity index (χ0) is 14.7. The molecular weight excluding hydrogens is 300 g/mol. The molecule has 1 aliphatic rings. The number of thiophene rings is 1. The van der Waals surface area contributed by atoms with Crippen molar-refractivity contribution in [3.05, 3.63) is 28.6 Å². The van der Waals surface area contributed by atoms with E-state index in [0.717, 1.165) is 29.3 Å². The Hall–Kier alpha value is -1.20. The van der Waals surface area contributed by atoms with Crippen molar-refractivity contribution in [2.24, 2.45) is 0 Å². The van der Waals surface area contributed by atoms with Crippen LogP contribution in [0, 0.1) is 0 Å². The zero-order valence-corrected chi connectivity index (χ0v) is 13.9. The van der Waals surface area contributed by atoms with Crippen molar-refractivity contribution in [3.63, 3.8) is 0 Å². The molecule has 2 heterocycles. The second-order valence-electron chi connectivity index (χ2n) is 5.40. The molecule has 3 nitrogen and oxygen atoms in total. The smallest absolute Gasteiger partial charge is 0.273 e. The molecule has 5 heteroatoms. The molecule has 3 rings (SSSR count). The molecule has 0 N–H and O–H groups in total. The van der Waals surface area contributed by atoms with Gasteiger partial charge in [-0.3, -0.25) is 4.79 Å². The van der Waals surface area contributed by atoms with Crippen LogP contribution in [0.4, 0.5) is 0 Å². The molecule has 0 atom stereocenters. The molecule has 0 spiro atoms. The molecule has 1 aliphatic carbocycles. The highest BCUT2D eigenvalue weighted by Gasteiger charge is 2.26.